The molecule has 9 nitrogen and oxygen atoms in total. The van der Waals surface area contributed by atoms with Crippen molar-refractivity contribution in [1.29, 1.82) is 0 Å². The van der Waals surface area contributed by atoms with Crippen LogP contribution in [0.2, 0.25) is 0 Å². The minimum Gasteiger partial charge on any atom is -0.466 e. The fraction of sp³-hybridized carbons (Fsp3) is 0.379. The van der Waals surface area contributed by atoms with Gasteiger partial charge in [-0.3, -0.25) is 10.1 Å². The van der Waals surface area contributed by atoms with Crippen molar-refractivity contribution in [1.82, 2.24) is 5.32 Å². The Labute approximate surface area is 222 Å². The molecule has 9 heteroatoms. The number of benzene rings is 2. The number of dihydropyridines is 1. The van der Waals surface area contributed by atoms with E-state index in [2.05, 4.69) is 22.3 Å². The van der Waals surface area contributed by atoms with Crippen LogP contribution in [0.25, 0.3) is 0 Å². The number of nitro benzene ring substituents is 1. The Balaban J connectivity index is 1.67. The number of nitrogens with one attached hydrogen (secondary N) is 1. The molecule has 0 spiro atoms. The van der Waals surface area contributed by atoms with Gasteiger partial charge >= 0.3 is 11.9 Å². The molecule has 2 aliphatic rings. The summed E-state index contributed by atoms with van der Waals surface area (Å²) in [4.78, 5) is 39.9. The van der Waals surface area contributed by atoms with Gasteiger partial charge in [-0.15, -0.1) is 0 Å². The van der Waals surface area contributed by atoms with Gasteiger partial charge in [-0.05, 0) is 50.3 Å². The van der Waals surface area contributed by atoms with Crippen LogP contribution in [0, 0.1) is 10.1 Å². The van der Waals surface area contributed by atoms with E-state index in [1.165, 1.54) is 24.8 Å². The van der Waals surface area contributed by atoms with Gasteiger partial charge in [0.2, 0.25) is 0 Å². The average Bonchev–Trinajstić information content (AvgIpc) is 2.92. The lowest BCUT2D eigenvalue weighted by molar-refractivity contribution is -0.384. The Bertz CT molecular complexity index is 1310. The lowest BCUT2D eigenvalue weighted by Gasteiger charge is -2.35. The first kappa shape index (κ1) is 26.9. The number of nitro groups is 1. The van der Waals surface area contributed by atoms with Crippen LogP contribution in [0.5, 0.6) is 0 Å². The van der Waals surface area contributed by atoms with E-state index >= 15 is 0 Å². The number of rotatable bonds is 8. The summed E-state index contributed by atoms with van der Waals surface area (Å²) in [6, 6.07) is 14.2. The molecule has 200 valence electrons. The first-order valence-electron chi connectivity index (χ1n) is 12.8. The summed E-state index contributed by atoms with van der Waals surface area (Å²) in [5.41, 5.74) is 4.22. The van der Waals surface area contributed by atoms with Crippen LogP contribution in [-0.4, -0.2) is 43.2 Å². The molecule has 2 heterocycles. The van der Waals surface area contributed by atoms with Gasteiger partial charge in [-0.1, -0.05) is 37.3 Å². The summed E-state index contributed by atoms with van der Waals surface area (Å²) in [6.07, 6.45) is 2.25. The molecule has 0 saturated carbocycles. The molecule has 2 aromatic rings. The molecule has 2 atom stereocenters. The monoisotopic (exact) mass is 519 g/mol. The summed E-state index contributed by atoms with van der Waals surface area (Å²) in [5, 5.41) is 14.6. The maximum absolute atomic E-state index is 13.8. The number of nitrogens with zero attached hydrogens (tertiary/aromatic N) is 2. The van der Waals surface area contributed by atoms with Gasteiger partial charge in [-0.2, -0.15) is 0 Å². The number of carbonyl (C=O) groups excluding carboxylic acids is 2. The maximum Gasteiger partial charge on any atom is 0.337 e. The summed E-state index contributed by atoms with van der Waals surface area (Å²) < 4.78 is 11.1. The molecule has 0 radical (unpaired) electrons. The summed E-state index contributed by atoms with van der Waals surface area (Å²) >= 11 is 0. The quantitative estimate of drug-likeness (QED) is 0.301. The highest BCUT2D eigenvalue weighted by Gasteiger charge is 2.39. The lowest BCUT2D eigenvalue weighted by Crippen LogP contribution is -2.39. The van der Waals surface area contributed by atoms with Crippen molar-refractivity contribution in [3.8, 4) is 0 Å². The van der Waals surface area contributed by atoms with Crippen molar-refractivity contribution in [2.75, 3.05) is 25.1 Å². The number of hydrogen-bond acceptors (Lipinski definition) is 8. The molecule has 0 saturated heterocycles. The number of anilines is 1. The highest BCUT2D eigenvalue weighted by Crippen LogP contribution is 2.40. The zero-order chi connectivity index (χ0) is 27.4. The highest BCUT2D eigenvalue weighted by atomic mass is 16.6. The fourth-order valence-corrected chi connectivity index (χ4v) is 5.31. The molecular formula is C29H33N3O6. The molecule has 2 aliphatic heterocycles. The number of non-ortho nitro benzene ring substituents is 1. The minimum absolute atomic E-state index is 0.136. The smallest absolute Gasteiger partial charge is 0.337 e. The number of allylic oxidation sites excluding steroid dienone is 2. The number of aryl methyl sites for hydroxylation is 1. The van der Waals surface area contributed by atoms with E-state index in [1.54, 1.807) is 26.0 Å². The molecule has 0 bridgehead atoms. The zero-order valence-corrected chi connectivity index (χ0v) is 22.2. The van der Waals surface area contributed by atoms with Crippen LogP contribution in [0.15, 0.2) is 71.1 Å². The predicted octanol–water partition coefficient (Wildman–Crippen LogP) is 4.78. The van der Waals surface area contributed by atoms with Gasteiger partial charge in [0, 0.05) is 35.8 Å². The Kier molecular flexibility index (Phi) is 8.14. The number of esters is 2. The third-order valence-electron chi connectivity index (χ3n) is 7.16. The molecule has 4 rings (SSSR count). The normalized spacial score (nSPS) is 17.9. The van der Waals surface area contributed by atoms with Crippen molar-refractivity contribution < 1.29 is 24.0 Å². The van der Waals surface area contributed by atoms with Crippen molar-refractivity contribution in [3.63, 3.8) is 0 Å². The van der Waals surface area contributed by atoms with Crippen LogP contribution >= 0.6 is 0 Å². The summed E-state index contributed by atoms with van der Waals surface area (Å²) in [7, 11) is 1.26. The van der Waals surface area contributed by atoms with Crippen molar-refractivity contribution >= 4 is 23.3 Å². The number of hydrogen-bond donors (Lipinski definition) is 1. The Morgan fingerprint density at radius 2 is 1.82 bits per heavy atom. The number of methoxy groups -OCH3 is 1. The van der Waals surface area contributed by atoms with E-state index in [1.807, 2.05) is 19.1 Å². The van der Waals surface area contributed by atoms with E-state index in [9.17, 15) is 19.7 Å². The van der Waals surface area contributed by atoms with Gasteiger partial charge in [0.05, 0.1) is 35.6 Å². The number of fused-ring (bicyclic) bond motifs is 1. The molecule has 0 aromatic heterocycles. The van der Waals surface area contributed by atoms with Gasteiger partial charge in [0.1, 0.15) is 6.10 Å². The maximum atomic E-state index is 13.8. The number of carbonyl (C=O) groups is 2. The molecule has 38 heavy (non-hydrogen) atoms. The van der Waals surface area contributed by atoms with Crippen LogP contribution < -0.4 is 10.2 Å². The van der Waals surface area contributed by atoms with Crippen molar-refractivity contribution in [3.05, 3.63) is 92.3 Å². The summed E-state index contributed by atoms with van der Waals surface area (Å²) in [6.45, 7) is 6.83. The molecule has 2 unspecified atom stereocenters. The zero-order valence-electron chi connectivity index (χ0n) is 22.2. The first-order valence-corrected chi connectivity index (χ1v) is 12.8. The second kappa shape index (κ2) is 11.5. The average molecular weight is 520 g/mol. The molecule has 1 N–H and O–H groups in total. The van der Waals surface area contributed by atoms with Gasteiger partial charge in [0.15, 0.2) is 0 Å². The third-order valence-corrected chi connectivity index (χ3v) is 7.16. The van der Waals surface area contributed by atoms with Crippen molar-refractivity contribution in [2.24, 2.45) is 0 Å². The first-order chi connectivity index (χ1) is 18.2. The highest BCUT2D eigenvalue weighted by molar-refractivity contribution is 6.00. The van der Waals surface area contributed by atoms with Gasteiger partial charge < -0.3 is 19.7 Å². The Hall–Kier alpha value is -4.14. The second-order valence-corrected chi connectivity index (χ2v) is 9.59. The SMILES string of the molecule is CCC(CN1CCCc2ccccc21)OC(=O)C1=C(C)NC(C)=C(C(=O)OC)C1c1cccc([N+](=O)[O-])c1. The van der Waals surface area contributed by atoms with Gasteiger partial charge in [0.25, 0.3) is 5.69 Å². The number of ether oxygens (including phenoxy) is 2. The minimum atomic E-state index is -0.885. The van der Waals surface area contributed by atoms with E-state index in [4.69, 9.17) is 9.47 Å². The largest absolute Gasteiger partial charge is 0.466 e. The molecule has 0 aliphatic carbocycles. The van der Waals surface area contributed by atoms with E-state index < -0.39 is 28.9 Å². The lowest BCUT2D eigenvalue weighted by atomic mass is 9.80. The molecule has 0 fully saturated rings. The van der Waals surface area contributed by atoms with Gasteiger partial charge in [-0.25, -0.2) is 9.59 Å². The van der Waals surface area contributed by atoms with Crippen LogP contribution in [0.4, 0.5) is 11.4 Å². The Morgan fingerprint density at radius 1 is 1.11 bits per heavy atom. The van der Waals surface area contributed by atoms with Crippen molar-refractivity contribution in [2.45, 2.75) is 52.1 Å². The van der Waals surface area contributed by atoms with E-state index in [0.717, 1.165) is 25.1 Å². The van der Waals surface area contributed by atoms with E-state index in [0.29, 0.717) is 29.9 Å². The fourth-order valence-electron chi connectivity index (χ4n) is 5.31. The van der Waals surface area contributed by atoms with Crippen LogP contribution in [0.3, 0.4) is 0 Å². The molecule has 2 aromatic carbocycles. The molecular weight excluding hydrogens is 486 g/mol. The van der Waals surface area contributed by atoms with Crippen LogP contribution in [-0.2, 0) is 25.5 Å². The standard InChI is InChI=1S/C29H33N3O6/c1-5-23(17-31-15-9-12-20-10-6-7-14-24(20)31)38-29(34)26-19(3)30-18(2)25(28(33)37-4)27(26)21-11-8-13-22(16-21)32(35)36/h6-8,10-11,13-14,16,23,27,30H,5,9,12,15,17H2,1-4H3. The predicted molar refractivity (Wildman–Crippen MR) is 144 cm³/mol. The second-order valence-electron chi connectivity index (χ2n) is 9.59. The third kappa shape index (κ3) is 5.41. The number of para-hydroxylation sites is 1. The van der Waals surface area contributed by atoms with E-state index in [-0.39, 0.29) is 16.8 Å². The van der Waals surface area contributed by atoms with Crippen LogP contribution in [0.1, 0.15) is 50.7 Å². The topological polar surface area (TPSA) is 111 Å². The summed E-state index contributed by atoms with van der Waals surface area (Å²) in [5.74, 6) is -2.08. The molecule has 0 amide bonds. The Morgan fingerprint density at radius 3 is 2.50 bits per heavy atom.